The highest BCUT2D eigenvalue weighted by atomic mass is 16.6. The Hall–Kier alpha value is -0.530. The van der Waals surface area contributed by atoms with Gasteiger partial charge in [0.1, 0.15) is 6.10 Å². The average molecular weight is 180 g/mol. The molecule has 3 rings (SSSR count). The van der Waals surface area contributed by atoms with Gasteiger partial charge in [-0.3, -0.25) is 4.79 Å². The van der Waals surface area contributed by atoms with Crippen molar-refractivity contribution in [3.8, 4) is 0 Å². The summed E-state index contributed by atoms with van der Waals surface area (Å²) in [4.78, 5) is 11.3. The fourth-order valence-electron chi connectivity index (χ4n) is 4.04. The van der Waals surface area contributed by atoms with Gasteiger partial charge in [-0.1, -0.05) is 13.8 Å². The summed E-state index contributed by atoms with van der Waals surface area (Å²) in [5, 5.41) is 0. The summed E-state index contributed by atoms with van der Waals surface area (Å²) >= 11 is 0. The minimum atomic E-state index is 0.0402. The number of esters is 1. The van der Waals surface area contributed by atoms with E-state index >= 15 is 0 Å². The maximum atomic E-state index is 11.3. The molecule has 0 N–H and O–H groups in total. The first kappa shape index (κ1) is 7.84. The van der Waals surface area contributed by atoms with Crippen LogP contribution < -0.4 is 0 Å². The maximum Gasteiger partial charge on any atom is 0.306 e. The lowest BCUT2D eigenvalue weighted by molar-refractivity contribution is -0.142. The highest BCUT2D eigenvalue weighted by molar-refractivity contribution is 5.74. The quantitative estimate of drug-likeness (QED) is 0.534. The molecule has 0 aromatic heterocycles. The summed E-state index contributed by atoms with van der Waals surface area (Å²) in [6.07, 6.45) is 4.58. The van der Waals surface area contributed by atoms with E-state index in [1.54, 1.807) is 0 Å². The molecule has 3 unspecified atom stereocenters. The van der Waals surface area contributed by atoms with Crippen molar-refractivity contribution in [3.63, 3.8) is 0 Å². The summed E-state index contributed by atoms with van der Waals surface area (Å²) in [6.45, 7) is 4.65. The molecule has 2 bridgehead atoms. The lowest BCUT2D eigenvalue weighted by Gasteiger charge is -2.35. The smallest absolute Gasteiger partial charge is 0.306 e. The fraction of sp³-hybridized carbons (Fsp3) is 0.909. The number of carbonyl (C=O) groups is 1. The van der Waals surface area contributed by atoms with Gasteiger partial charge in [-0.2, -0.15) is 0 Å². The topological polar surface area (TPSA) is 26.3 Å². The molecular formula is C11H16O2. The van der Waals surface area contributed by atoms with Crippen molar-refractivity contribution >= 4 is 5.97 Å². The minimum absolute atomic E-state index is 0.0402. The largest absolute Gasteiger partial charge is 0.462 e. The van der Waals surface area contributed by atoms with Crippen molar-refractivity contribution in [2.75, 3.05) is 0 Å². The molecule has 3 fully saturated rings. The summed E-state index contributed by atoms with van der Waals surface area (Å²) < 4.78 is 5.41. The van der Waals surface area contributed by atoms with Crippen molar-refractivity contribution in [2.45, 2.75) is 45.6 Å². The van der Waals surface area contributed by atoms with Crippen LogP contribution in [0.3, 0.4) is 0 Å². The Morgan fingerprint density at radius 2 is 2.23 bits per heavy atom. The zero-order valence-electron chi connectivity index (χ0n) is 8.30. The van der Waals surface area contributed by atoms with Crippen molar-refractivity contribution < 1.29 is 9.53 Å². The lowest BCUT2D eigenvalue weighted by Crippen LogP contribution is -2.34. The van der Waals surface area contributed by atoms with E-state index in [-0.39, 0.29) is 17.5 Å². The number of hydrogen-bond donors (Lipinski definition) is 0. The molecule has 1 saturated heterocycles. The van der Waals surface area contributed by atoms with Gasteiger partial charge in [0.25, 0.3) is 0 Å². The van der Waals surface area contributed by atoms with Crippen LogP contribution in [-0.2, 0) is 9.53 Å². The number of ether oxygens (including phenoxy) is 1. The molecule has 2 saturated carbocycles. The molecule has 1 heterocycles. The van der Waals surface area contributed by atoms with Crippen LogP contribution >= 0.6 is 0 Å². The molecule has 0 aromatic rings. The van der Waals surface area contributed by atoms with E-state index in [9.17, 15) is 4.79 Å². The Labute approximate surface area is 78.6 Å². The number of rotatable bonds is 0. The van der Waals surface area contributed by atoms with E-state index in [1.807, 2.05) is 0 Å². The highest BCUT2D eigenvalue weighted by Crippen LogP contribution is 2.70. The van der Waals surface area contributed by atoms with E-state index in [0.29, 0.717) is 11.8 Å². The van der Waals surface area contributed by atoms with Gasteiger partial charge in [0.2, 0.25) is 0 Å². The van der Waals surface area contributed by atoms with E-state index < -0.39 is 0 Å². The third-order valence-electron chi connectivity index (χ3n) is 5.09. The fourth-order valence-corrected chi connectivity index (χ4v) is 4.04. The van der Waals surface area contributed by atoms with Crippen LogP contribution in [0.1, 0.15) is 39.5 Å². The first-order chi connectivity index (χ1) is 6.06. The van der Waals surface area contributed by atoms with Gasteiger partial charge in [0.15, 0.2) is 0 Å². The summed E-state index contributed by atoms with van der Waals surface area (Å²) in [6, 6.07) is 0. The molecule has 2 heteroatoms. The first-order valence-electron chi connectivity index (χ1n) is 5.26. The third kappa shape index (κ3) is 0.660. The molecule has 3 atom stereocenters. The summed E-state index contributed by atoms with van der Waals surface area (Å²) in [5.74, 6) is 0.837. The zero-order chi connectivity index (χ0) is 9.27. The van der Waals surface area contributed by atoms with Gasteiger partial charge >= 0.3 is 5.97 Å². The molecule has 1 spiro atoms. The van der Waals surface area contributed by atoms with E-state index in [4.69, 9.17) is 4.74 Å². The summed E-state index contributed by atoms with van der Waals surface area (Å²) in [5.41, 5.74) is 0.554. The van der Waals surface area contributed by atoms with Gasteiger partial charge in [-0.25, -0.2) is 0 Å². The molecule has 0 amide bonds. The molecule has 0 radical (unpaired) electrons. The molecule has 1 aliphatic heterocycles. The normalized spacial score (nSPS) is 50.8. The third-order valence-corrected chi connectivity index (χ3v) is 5.09. The Bertz CT molecular complexity index is 282. The molecule has 3 aliphatic rings. The number of fused-ring (bicyclic) bond motifs is 1. The van der Waals surface area contributed by atoms with Gasteiger partial charge in [-0.05, 0) is 30.6 Å². The van der Waals surface area contributed by atoms with Crippen LogP contribution in [0.15, 0.2) is 0 Å². The van der Waals surface area contributed by atoms with Crippen LogP contribution in [0.4, 0.5) is 0 Å². The Kier molecular flexibility index (Phi) is 1.17. The summed E-state index contributed by atoms with van der Waals surface area (Å²) in [7, 11) is 0. The SMILES string of the molecule is CC1(C)C2CCC13CC(=O)OC3C2. The molecule has 2 aliphatic carbocycles. The average Bonchev–Trinajstić information content (AvgIpc) is 2.55. The minimum Gasteiger partial charge on any atom is -0.462 e. The predicted molar refractivity (Wildman–Crippen MR) is 48.1 cm³/mol. The number of hydrogen-bond acceptors (Lipinski definition) is 2. The van der Waals surface area contributed by atoms with Crippen molar-refractivity contribution in [2.24, 2.45) is 16.7 Å². The van der Waals surface area contributed by atoms with Gasteiger partial charge in [-0.15, -0.1) is 0 Å². The monoisotopic (exact) mass is 180 g/mol. The molecule has 0 aromatic carbocycles. The first-order valence-corrected chi connectivity index (χ1v) is 5.26. The van der Waals surface area contributed by atoms with Crippen molar-refractivity contribution in [1.82, 2.24) is 0 Å². The zero-order valence-corrected chi connectivity index (χ0v) is 8.30. The van der Waals surface area contributed by atoms with Gasteiger partial charge in [0.05, 0.1) is 6.42 Å². The van der Waals surface area contributed by atoms with Gasteiger partial charge < -0.3 is 4.74 Å². The second-order valence-electron chi connectivity index (χ2n) is 5.50. The number of carbonyl (C=O) groups excluding carboxylic acids is 1. The Morgan fingerprint density at radius 1 is 1.46 bits per heavy atom. The van der Waals surface area contributed by atoms with Crippen LogP contribution in [0.25, 0.3) is 0 Å². The highest BCUT2D eigenvalue weighted by Gasteiger charge is 2.68. The lowest BCUT2D eigenvalue weighted by atomic mass is 9.67. The van der Waals surface area contributed by atoms with E-state index in [0.717, 1.165) is 12.3 Å². The standard InChI is InChI=1S/C11H16O2/c1-10(2)7-3-4-11(10)6-9(12)13-8(11)5-7/h7-8H,3-6H2,1-2H3. The molecule has 13 heavy (non-hydrogen) atoms. The Morgan fingerprint density at radius 3 is 2.85 bits per heavy atom. The van der Waals surface area contributed by atoms with Crippen LogP contribution in [-0.4, -0.2) is 12.1 Å². The molecule has 2 nitrogen and oxygen atoms in total. The van der Waals surface area contributed by atoms with E-state index in [2.05, 4.69) is 13.8 Å². The predicted octanol–water partition coefficient (Wildman–Crippen LogP) is 2.13. The molecular weight excluding hydrogens is 164 g/mol. The maximum absolute atomic E-state index is 11.3. The van der Waals surface area contributed by atoms with Crippen LogP contribution in [0.2, 0.25) is 0 Å². The van der Waals surface area contributed by atoms with Gasteiger partial charge in [0, 0.05) is 5.41 Å². The van der Waals surface area contributed by atoms with Crippen molar-refractivity contribution in [1.29, 1.82) is 0 Å². The second-order valence-corrected chi connectivity index (χ2v) is 5.50. The van der Waals surface area contributed by atoms with Crippen LogP contribution in [0, 0.1) is 16.7 Å². The van der Waals surface area contributed by atoms with Crippen molar-refractivity contribution in [3.05, 3.63) is 0 Å². The van der Waals surface area contributed by atoms with E-state index in [1.165, 1.54) is 12.8 Å². The second kappa shape index (κ2) is 1.94. The Balaban J connectivity index is 2.09. The molecule has 72 valence electrons. The van der Waals surface area contributed by atoms with Crippen LogP contribution in [0.5, 0.6) is 0 Å².